The number of carboxylic acid groups (broad SMARTS) is 1. The van der Waals surface area contributed by atoms with Crippen LogP contribution in [0, 0.1) is 0 Å². The van der Waals surface area contributed by atoms with E-state index >= 15 is 0 Å². The number of aromatic nitrogens is 2. The number of nitrogens with zero attached hydrogens (tertiary/aromatic N) is 2. The summed E-state index contributed by atoms with van der Waals surface area (Å²) in [4.78, 5) is 25.7. The van der Waals surface area contributed by atoms with Crippen LogP contribution >= 0.6 is 0 Å². The molecule has 0 spiro atoms. The predicted molar refractivity (Wildman–Crippen MR) is 69.7 cm³/mol. The summed E-state index contributed by atoms with van der Waals surface area (Å²) in [6.07, 6.45) is 5.63. The van der Waals surface area contributed by atoms with Crippen LogP contribution in [0.3, 0.4) is 0 Å². The van der Waals surface area contributed by atoms with Gasteiger partial charge in [0.15, 0.2) is 0 Å². The van der Waals surface area contributed by atoms with Crippen LogP contribution in [-0.4, -0.2) is 27.9 Å². The van der Waals surface area contributed by atoms with Gasteiger partial charge in [-0.3, -0.25) is 0 Å². The fraction of sp³-hybridized carbons (Fsp3) is 0.308. The first-order chi connectivity index (χ1) is 9.65. The van der Waals surface area contributed by atoms with Gasteiger partial charge in [-0.25, -0.2) is 9.78 Å². The summed E-state index contributed by atoms with van der Waals surface area (Å²) < 4.78 is 1.87. The maximum absolute atomic E-state index is 11.5. The van der Waals surface area contributed by atoms with Gasteiger partial charge < -0.3 is 24.9 Å². The molecule has 2 rings (SSSR count). The number of carbonyl (C=O) groups is 2. The minimum Gasteiger partial charge on any atom is -0.550 e. The molecule has 0 fully saturated rings. The van der Waals surface area contributed by atoms with E-state index in [9.17, 15) is 14.7 Å². The molecule has 0 saturated carbocycles. The van der Waals surface area contributed by atoms with E-state index in [4.69, 9.17) is 0 Å². The van der Waals surface area contributed by atoms with Crippen molar-refractivity contribution in [3.8, 4) is 0 Å². The first kappa shape index (κ1) is 18.1. The Balaban J connectivity index is 0.00000220. The molecule has 2 aromatic rings. The molecule has 2 N–H and O–H groups in total. The van der Waals surface area contributed by atoms with Gasteiger partial charge in [-0.2, -0.15) is 0 Å². The summed E-state index contributed by atoms with van der Waals surface area (Å²) in [5.74, 6) is -1.11. The Morgan fingerprint density at radius 1 is 1.29 bits per heavy atom. The number of amides is 2. The first-order valence-electron chi connectivity index (χ1n) is 6.27. The molecule has 0 saturated heterocycles. The molecule has 0 aliphatic heterocycles. The summed E-state index contributed by atoms with van der Waals surface area (Å²) in [5, 5.41) is 15.5. The maximum atomic E-state index is 11.5. The number of urea groups is 1. The van der Waals surface area contributed by atoms with Gasteiger partial charge in [-0.15, -0.1) is 0 Å². The number of fused-ring (bicyclic) bond motifs is 1. The van der Waals surface area contributed by atoms with Crippen molar-refractivity contribution < 1.29 is 66.1 Å². The SMILES string of the molecule is O=C([O-])CCCNC(=O)NCc1ccc2cncn2c1.[K+]. The van der Waals surface area contributed by atoms with Gasteiger partial charge in [0.25, 0.3) is 0 Å². The molecule has 0 radical (unpaired) electrons. The second kappa shape index (κ2) is 9.16. The molecule has 106 valence electrons. The molecule has 0 unspecified atom stereocenters. The van der Waals surface area contributed by atoms with Crippen molar-refractivity contribution in [2.24, 2.45) is 0 Å². The van der Waals surface area contributed by atoms with Gasteiger partial charge in [0.1, 0.15) is 0 Å². The predicted octanol–water partition coefficient (Wildman–Crippen LogP) is -3.33. The van der Waals surface area contributed by atoms with Crippen LogP contribution in [0.15, 0.2) is 30.9 Å². The van der Waals surface area contributed by atoms with Crippen molar-refractivity contribution in [3.63, 3.8) is 0 Å². The zero-order chi connectivity index (χ0) is 14.4. The van der Waals surface area contributed by atoms with Gasteiger partial charge in [-0.1, -0.05) is 6.07 Å². The molecular weight excluding hydrogens is 299 g/mol. The summed E-state index contributed by atoms with van der Waals surface area (Å²) in [6, 6.07) is 3.50. The molecule has 2 heterocycles. The third kappa shape index (κ3) is 6.14. The van der Waals surface area contributed by atoms with Crippen molar-refractivity contribution in [2.75, 3.05) is 6.54 Å². The number of imidazole rings is 1. The minimum absolute atomic E-state index is 0. The second-order valence-corrected chi connectivity index (χ2v) is 4.35. The van der Waals surface area contributed by atoms with Gasteiger partial charge in [0, 0.05) is 25.3 Å². The number of aliphatic carboxylic acids is 1. The fourth-order valence-corrected chi connectivity index (χ4v) is 1.75. The zero-order valence-electron chi connectivity index (χ0n) is 11.8. The molecule has 0 aromatic carbocycles. The van der Waals surface area contributed by atoms with E-state index < -0.39 is 5.97 Å². The topological polar surface area (TPSA) is 98.6 Å². The number of carbonyl (C=O) groups excluding carboxylic acids is 2. The molecule has 0 aliphatic rings. The standard InChI is InChI=1S/C13H16N4O3.K/c18-12(19)2-1-5-15-13(20)16-6-10-3-4-11-7-14-9-17(11)8-10;/h3-4,7-9H,1-2,5-6H2,(H,18,19)(H2,15,16,20);/q;+1/p-1. The summed E-state index contributed by atoms with van der Waals surface area (Å²) in [7, 11) is 0. The summed E-state index contributed by atoms with van der Waals surface area (Å²) >= 11 is 0. The Labute approximate surface area is 164 Å². The smallest absolute Gasteiger partial charge is 0.550 e. The molecule has 0 bridgehead atoms. The number of hydrogen-bond acceptors (Lipinski definition) is 4. The molecule has 21 heavy (non-hydrogen) atoms. The molecule has 2 amide bonds. The molecule has 7 nitrogen and oxygen atoms in total. The van der Waals surface area contributed by atoms with Crippen LogP contribution in [0.5, 0.6) is 0 Å². The van der Waals surface area contributed by atoms with Gasteiger partial charge in [0.2, 0.25) is 0 Å². The maximum Gasteiger partial charge on any atom is 1.00 e. The largest absolute Gasteiger partial charge is 1.00 e. The zero-order valence-corrected chi connectivity index (χ0v) is 15.0. The van der Waals surface area contributed by atoms with E-state index in [1.165, 1.54) is 0 Å². The van der Waals surface area contributed by atoms with E-state index in [0.29, 0.717) is 19.5 Å². The third-order valence-electron chi connectivity index (χ3n) is 2.77. The van der Waals surface area contributed by atoms with E-state index in [1.807, 2.05) is 22.7 Å². The number of rotatable bonds is 6. The molecule has 8 heteroatoms. The molecule has 2 aromatic heterocycles. The van der Waals surface area contributed by atoms with Gasteiger partial charge in [0.05, 0.1) is 18.0 Å². The molecule has 0 aliphatic carbocycles. The summed E-state index contributed by atoms with van der Waals surface area (Å²) in [6.45, 7) is 0.695. The monoisotopic (exact) mass is 314 g/mol. The van der Waals surface area contributed by atoms with Crippen LogP contribution in [0.1, 0.15) is 18.4 Å². The van der Waals surface area contributed by atoms with Crippen LogP contribution < -0.4 is 67.1 Å². The molecular formula is C13H15KN4O3. The van der Waals surface area contributed by atoms with Crippen LogP contribution in [0.25, 0.3) is 5.52 Å². The van der Waals surface area contributed by atoms with Crippen LogP contribution in [-0.2, 0) is 11.3 Å². The Morgan fingerprint density at radius 3 is 2.86 bits per heavy atom. The number of carboxylic acids is 1. The van der Waals surface area contributed by atoms with Gasteiger partial charge >= 0.3 is 57.4 Å². The average molecular weight is 314 g/mol. The van der Waals surface area contributed by atoms with E-state index in [2.05, 4.69) is 15.6 Å². The normalized spacial score (nSPS) is 9.90. The molecule has 0 atom stereocenters. The van der Waals surface area contributed by atoms with Crippen LogP contribution in [0.4, 0.5) is 4.79 Å². The summed E-state index contributed by atoms with van der Waals surface area (Å²) in [5.41, 5.74) is 1.93. The van der Waals surface area contributed by atoms with Crippen molar-refractivity contribution in [1.29, 1.82) is 0 Å². The minimum atomic E-state index is -1.11. The van der Waals surface area contributed by atoms with Crippen molar-refractivity contribution in [2.45, 2.75) is 19.4 Å². The number of pyridine rings is 1. The van der Waals surface area contributed by atoms with Crippen molar-refractivity contribution in [3.05, 3.63) is 36.4 Å². The Bertz CT molecular complexity index is 614. The quantitative estimate of drug-likeness (QED) is 0.430. The second-order valence-electron chi connectivity index (χ2n) is 4.35. The van der Waals surface area contributed by atoms with E-state index in [0.717, 1.165) is 11.1 Å². The van der Waals surface area contributed by atoms with Crippen molar-refractivity contribution in [1.82, 2.24) is 20.0 Å². The Kier molecular flexibility index (Phi) is 7.90. The van der Waals surface area contributed by atoms with E-state index in [-0.39, 0.29) is 63.8 Å². The number of nitrogens with one attached hydrogen (secondary N) is 2. The third-order valence-corrected chi connectivity index (χ3v) is 2.77. The first-order valence-corrected chi connectivity index (χ1v) is 6.27. The van der Waals surface area contributed by atoms with E-state index in [1.54, 1.807) is 12.5 Å². The average Bonchev–Trinajstić information content (AvgIpc) is 2.88. The Hall–Kier alpha value is -0.934. The van der Waals surface area contributed by atoms with Crippen LogP contribution in [0.2, 0.25) is 0 Å². The Morgan fingerprint density at radius 2 is 2.10 bits per heavy atom. The van der Waals surface area contributed by atoms with Crippen molar-refractivity contribution >= 4 is 17.5 Å². The number of hydrogen-bond donors (Lipinski definition) is 2. The van der Waals surface area contributed by atoms with Gasteiger partial charge in [-0.05, 0) is 24.5 Å². The fourth-order valence-electron chi connectivity index (χ4n) is 1.75.